The molecule has 1 saturated heterocycles. The quantitative estimate of drug-likeness (QED) is 0.737. The van der Waals surface area contributed by atoms with E-state index in [1.165, 1.54) is 0 Å². The van der Waals surface area contributed by atoms with Gasteiger partial charge in [-0.3, -0.25) is 4.79 Å². The molecule has 18 heavy (non-hydrogen) atoms. The molecule has 1 atom stereocenters. The minimum absolute atomic E-state index is 0.00622. The van der Waals surface area contributed by atoms with Gasteiger partial charge in [-0.1, -0.05) is 13.8 Å². The summed E-state index contributed by atoms with van der Waals surface area (Å²) in [6.45, 7) is 6.46. The fourth-order valence-electron chi connectivity index (χ4n) is 2.31. The van der Waals surface area contributed by atoms with Crippen molar-refractivity contribution in [3.8, 4) is 0 Å². The molecular formula is C13H25NO4. The van der Waals surface area contributed by atoms with Gasteiger partial charge >= 0.3 is 0 Å². The Kier molecular flexibility index (Phi) is 6.05. The molecule has 1 amide bonds. The number of hydrogen-bond donors (Lipinski definition) is 1. The Hall–Kier alpha value is -0.650. The van der Waals surface area contributed by atoms with Crippen LogP contribution in [0.5, 0.6) is 0 Å². The summed E-state index contributed by atoms with van der Waals surface area (Å²) in [6.07, 6.45) is 1.07. The second kappa shape index (κ2) is 7.07. The summed E-state index contributed by atoms with van der Waals surface area (Å²) in [6, 6.07) is 0. The van der Waals surface area contributed by atoms with E-state index in [2.05, 4.69) is 13.8 Å². The highest BCUT2D eigenvalue weighted by Crippen LogP contribution is 2.28. The minimum atomic E-state index is -0.313. The van der Waals surface area contributed by atoms with Crippen LogP contribution in [0.4, 0.5) is 0 Å². The number of likely N-dealkylation sites (tertiary alicyclic amines) is 1. The van der Waals surface area contributed by atoms with E-state index in [1.54, 1.807) is 12.0 Å². The van der Waals surface area contributed by atoms with Crippen molar-refractivity contribution in [1.29, 1.82) is 0 Å². The van der Waals surface area contributed by atoms with Crippen LogP contribution in [0.3, 0.4) is 0 Å². The van der Waals surface area contributed by atoms with Crippen LogP contribution in [-0.2, 0) is 14.3 Å². The third kappa shape index (κ3) is 5.33. The molecule has 0 saturated carbocycles. The van der Waals surface area contributed by atoms with Gasteiger partial charge in [-0.15, -0.1) is 0 Å². The van der Waals surface area contributed by atoms with E-state index in [0.717, 1.165) is 6.42 Å². The third-order valence-electron chi connectivity index (χ3n) is 3.15. The highest BCUT2D eigenvalue weighted by molar-refractivity contribution is 5.77. The van der Waals surface area contributed by atoms with Crippen molar-refractivity contribution in [2.24, 2.45) is 5.41 Å². The molecule has 0 radical (unpaired) electrons. The predicted molar refractivity (Wildman–Crippen MR) is 68.3 cm³/mol. The van der Waals surface area contributed by atoms with Crippen molar-refractivity contribution in [3.05, 3.63) is 0 Å². The maximum absolute atomic E-state index is 12.0. The van der Waals surface area contributed by atoms with Gasteiger partial charge in [0.2, 0.25) is 5.91 Å². The Labute approximate surface area is 109 Å². The summed E-state index contributed by atoms with van der Waals surface area (Å²) >= 11 is 0. The summed E-state index contributed by atoms with van der Waals surface area (Å²) in [5, 5.41) is 9.78. The Bertz CT molecular complexity index is 268. The average Bonchev–Trinajstić information content (AvgIpc) is 2.42. The molecule has 1 aliphatic rings. The zero-order valence-corrected chi connectivity index (χ0v) is 11.6. The van der Waals surface area contributed by atoms with Gasteiger partial charge in [0.15, 0.2) is 0 Å². The van der Waals surface area contributed by atoms with E-state index in [-0.39, 0.29) is 24.0 Å². The third-order valence-corrected chi connectivity index (χ3v) is 3.15. The minimum Gasteiger partial charge on any atom is -0.393 e. The van der Waals surface area contributed by atoms with Crippen LogP contribution >= 0.6 is 0 Å². The summed E-state index contributed by atoms with van der Waals surface area (Å²) in [5.74, 6) is -0.00622. The van der Waals surface area contributed by atoms with Crippen LogP contribution in [0.15, 0.2) is 0 Å². The van der Waals surface area contributed by atoms with E-state index in [0.29, 0.717) is 32.7 Å². The Morgan fingerprint density at radius 2 is 2.17 bits per heavy atom. The van der Waals surface area contributed by atoms with Gasteiger partial charge in [0.25, 0.3) is 0 Å². The van der Waals surface area contributed by atoms with Gasteiger partial charge in [0.05, 0.1) is 19.3 Å². The molecule has 0 bridgehead atoms. The SMILES string of the molecule is COCCOCC(=O)N1CCC(O)CC(C)(C)C1. The lowest BCUT2D eigenvalue weighted by molar-refractivity contribution is -0.137. The number of carbonyl (C=O) groups is 1. The summed E-state index contributed by atoms with van der Waals surface area (Å²) in [5.41, 5.74) is -0.0435. The van der Waals surface area contributed by atoms with Crippen molar-refractivity contribution in [1.82, 2.24) is 4.90 Å². The monoisotopic (exact) mass is 259 g/mol. The van der Waals surface area contributed by atoms with Crippen LogP contribution in [0.25, 0.3) is 0 Å². The molecule has 5 nitrogen and oxygen atoms in total. The number of rotatable bonds is 5. The predicted octanol–water partition coefficient (Wildman–Crippen LogP) is 0.659. The van der Waals surface area contributed by atoms with Crippen LogP contribution in [0.2, 0.25) is 0 Å². The molecule has 0 aliphatic carbocycles. The molecule has 106 valence electrons. The molecule has 1 N–H and O–H groups in total. The number of amides is 1. The number of ether oxygens (including phenoxy) is 2. The van der Waals surface area contributed by atoms with Gasteiger partial charge in [-0.05, 0) is 18.3 Å². The lowest BCUT2D eigenvalue weighted by atomic mass is 9.87. The number of methoxy groups -OCH3 is 1. The molecule has 5 heteroatoms. The van der Waals surface area contributed by atoms with Gasteiger partial charge in [-0.25, -0.2) is 0 Å². The fourth-order valence-corrected chi connectivity index (χ4v) is 2.31. The van der Waals surface area contributed by atoms with E-state index in [1.807, 2.05) is 0 Å². The zero-order valence-electron chi connectivity index (χ0n) is 11.6. The first kappa shape index (κ1) is 15.4. The number of hydrogen-bond acceptors (Lipinski definition) is 4. The van der Waals surface area contributed by atoms with Crippen molar-refractivity contribution >= 4 is 5.91 Å². The van der Waals surface area contributed by atoms with Crippen molar-refractivity contribution in [3.63, 3.8) is 0 Å². The maximum Gasteiger partial charge on any atom is 0.248 e. The van der Waals surface area contributed by atoms with E-state index in [9.17, 15) is 9.90 Å². The molecule has 1 heterocycles. The second-order valence-electron chi connectivity index (χ2n) is 5.67. The average molecular weight is 259 g/mol. The lowest BCUT2D eigenvalue weighted by Gasteiger charge is -2.29. The highest BCUT2D eigenvalue weighted by atomic mass is 16.5. The standard InChI is InChI=1S/C13H25NO4/c1-13(2)8-11(15)4-5-14(10-13)12(16)9-18-7-6-17-3/h11,15H,4-10H2,1-3H3. The summed E-state index contributed by atoms with van der Waals surface area (Å²) in [7, 11) is 1.60. The summed E-state index contributed by atoms with van der Waals surface area (Å²) < 4.78 is 10.1. The van der Waals surface area contributed by atoms with Gasteiger partial charge in [0.1, 0.15) is 6.61 Å². The Morgan fingerprint density at radius 1 is 1.44 bits per heavy atom. The van der Waals surface area contributed by atoms with Crippen molar-refractivity contribution < 1.29 is 19.4 Å². The lowest BCUT2D eigenvalue weighted by Crippen LogP contribution is -2.39. The van der Waals surface area contributed by atoms with Crippen LogP contribution in [0.1, 0.15) is 26.7 Å². The summed E-state index contributed by atoms with van der Waals surface area (Å²) in [4.78, 5) is 13.8. The Balaban J connectivity index is 2.41. The van der Waals surface area contributed by atoms with E-state index in [4.69, 9.17) is 9.47 Å². The molecule has 0 aromatic rings. The first-order chi connectivity index (χ1) is 8.44. The normalized spacial score (nSPS) is 23.8. The number of nitrogens with zero attached hydrogens (tertiary/aromatic N) is 1. The van der Waals surface area contributed by atoms with Crippen LogP contribution < -0.4 is 0 Å². The first-order valence-corrected chi connectivity index (χ1v) is 6.47. The molecule has 1 aliphatic heterocycles. The van der Waals surface area contributed by atoms with Crippen molar-refractivity contribution in [2.75, 3.05) is 40.0 Å². The van der Waals surface area contributed by atoms with Crippen molar-refractivity contribution in [2.45, 2.75) is 32.8 Å². The van der Waals surface area contributed by atoms with Gasteiger partial charge in [-0.2, -0.15) is 0 Å². The smallest absolute Gasteiger partial charge is 0.248 e. The van der Waals surface area contributed by atoms with Crippen LogP contribution in [0, 0.1) is 5.41 Å². The van der Waals surface area contributed by atoms with Crippen LogP contribution in [-0.4, -0.2) is 62.0 Å². The molecule has 0 aromatic heterocycles. The fraction of sp³-hybridized carbons (Fsp3) is 0.923. The Morgan fingerprint density at radius 3 is 2.83 bits per heavy atom. The molecule has 1 unspecified atom stereocenters. The molecule has 1 fully saturated rings. The molecule has 1 rings (SSSR count). The zero-order chi connectivity index (χ0) is 13.6. The topological polar surface area (TPSA) is 59.0 Å². The number of aliphatic hydroxyl groups excluding tert-OH is 1. The van der Waals surface area contributed by atoms with E-state index >= 15 is 0 Å². The largest absolute Gasteiger partial charge is 0.393 e. The van der Waals surface area contributed by atoms with E-state index < -0.39 is 0 Å². The number of carbonyl (C=O) groups excluding carboxylic acids is 1. The molecule has 0 spiro atoms. The first-order valence-electron chi connectivity index (χ1n) is 6.47. The van der Waals surface area contributed by atoms with Gasteiger partial charge < -0.3 is 19.5 Å². The highest BCUT2D eigenvalue weighted by Gasteiger charge is 2.31. The molecular weight excluding hydrogens is 234 g/mol. The number of aliphatic hydroxyl groups is 1. The van der Waals surface area contributed by atoms with Gasteiger partial charge in [0, 0.05) is 20.2 Å². The maximum atomic E-state index is 12.0. The second-order valence-corrected chi connectivity index (χ2v) is 5.67. The molecule has 0 aromatic carbocycles.